The summed E-state index contributed by atoms with van der Waals surface area (Å²) in [5, 5.41) is 3.14. The second-order valence-electron chi connectivity index (χ2n) is 6.44. The Morgan fingerprint density at radius 2 is 1.85 bits per heavy atom. The third kappa shape index (κ3) is 3.08. The van der Waals surface area contributed by atoms with Crippen molar-refractivity contribution in [2.75, 3.05) is 12.4 Å². The van der Waals surface area contributed by atoms with Crippen molar-refractivity contribution in [2.24, 2.45) is 7.05 Å². The van der Waals surface area contributed by atoms with E-state index in [1.807, 2.05) is 20.2 Å². The minimum absolute atomic E-state index is 0.205. The molecule has 27 heavy (non-hydrogen) atoms. The number of anilines is 2. The minimum atomic E-state index is -3.45. The molecule has 0 fully saturated rings. The fourth-order valence-electron chi connectivity index (χ4n) is 3.22. The van der Waals surface area contributed by atoms with Crippen molar-refractivity contribution in [1.29, 1.82) is 0 Å². The number of hydrogen-bond donors (Lipinski definition) is 2. The van der Waals surface area contributed by atoms with Gasteiger partial charge in [-0.2, -0.15) is 0 Å². The van der Waals surface area contributed by atoms with Gasteiger partial charge in [-0.1, -0.05) is 0 Å². The number of fused-ring (bicyclic) bond motifs is 3. The summed E-state index contributed by atoms with van der Waals surface area (Å²) >= 11 is 0. The molecule has 0 aliphatic heterocycles. The highest BCUT2D eigenvalue weighted by Crippen LogP contribution is 2.32. The van der Waals surface area contributed by atoms with Crippen molar-refractivity contribution in [3.05, 3.63) is 47.5 Å². The summed E-state index contributed by atoms with van der Waals surface area (Å²) in [7, 11) is -0.0763. The average molecular weight is 384 g/mol. The lowest BCUT2D eigenvalue weighted by Crippen LogP contribution is -2.18. The van der Waals surface area contributed by atoms with Crippen LogP contribution >= 0.6 is 0 Å². The molecule has 4 rings (SSSR count). The first kappa shape index (κ1) is 17.6. The Balaban J connectivity index is 1.65. The van der Waals surface area contributed by atoms with Crippen LogP contribution in [-0.4, -0.2) is 35.0 Å². The molecule has 0 saturated heterocycles. The Labute approximate surface area is 157 Å². The molecule has 2 N–H and O–H groups in total. The van der Waals surface area contributed by atoms with E-state index in [2.05, 4.69) is 24.6 Å². The third-order valence-corrected chi connectivity index (χ3v) is 6.23. The van der Waals surface area contributed by atoms with E-state index < -0.39 is 10.0 Å². The maximum Gasteiger partial charge on any atom is 0.240 e. The predicted molar refractivity (Wildman–Crippen MR) is 102 cm³/mol. The Kier molecular flexibility index (Phi) is 4.20. The zero-order valence-corrected chi connectivity index (χ0v) is 16.1. The number of sulfonamides is 1. The quantitative estimate of drug-likeness (QED) is 0.713. The van der Waals surface area contributed by atoms with Crippen LogP contribution in [0.3, 0.4) is 0 Å². The van der Waals surface area contributed by atoms with E-state index in [0.29, 0.717) is 11.6 Å². The van der Waals surface area contributed by atoms with Crippen LogP contribution in [0.15, 0.2) is 35.4 Å². The maximum atomic E-state index is 11.8. The molecule has 9 heteroatoms. The monoisotopic (exact) mass is 384 g/mol. The Morgan fingerprint density at radius 1 is 1.11 bits per heavy atom. The first-order valence-electron chi connectivity index (χ1n) is 8.58. The van der Waals surface area contributed by atoms with E-state index in [9.17, 15) is 8.42 Å². The van der Waals surface area contributed by atoms with Gasteiger partial charge in [0.2, 0.25) is 16.0 Å². The second kappa shape index (κ2) is 6.43. The van der Waals surface area contributed by atoms with Crippen molar-refractivity contribution in [1.82, 2.24) is 24.2 Å². The summed E-state index contributed by atoms with van der Waals surface area (Å²) in [6, 6.07) is 6.45. The molecule has 0 atom stereocenters. The normalized spacial score (nSPS) is 13.1. The van der Waals surface area contributed by atoms with Crippen LogP contribution in [0.4, 0.5) is 11.6 Å². The smallest absolute Gasteiger partial charge is 0.240 e. The number of aryl methyl sites for hydroxylation is 3. The Bertz CT molecular complexity index is 1120. The van der Waals surface area contributed by atoms with E-state index in [1.54, 1.807) is 12.1 Å². The second-order valence-corrected chi connectivity index (χ2v) is 8.32. The Hall–Kier alpha value is -2.78. The van der Waals surface area contributed by atoms with Gasteiger partial charge in [-0.05, 0) is 56.6 Å². The predicted octanol–water partition coefficient (Wildman–Crippen LogP) is 1.94. The van der Waals surface area contributed by atoms with Crippen LogP contribution in [-0.2, 0) is 29.9 Å². The van der Waals surface area contributed by atoms with Gasteiger partial charge in [-0.25, -0.2) is 28.1 Å². The molecule has 2 heterocycles. The van der Waals surface area contributed by atoms with Gasteiger partial charge in [-0.3, -0.25) is 0 Å². The lowest BCUT2D eigenvalue weighted by Gasteiger charge is -2.17. The summed E-state index contributed by atoms with van der Waals surface area (Å²) in [6.45, 7) is 1.99. The first-order chi connectivity index (χ1) is 12.9. The standard InChI is InChI=1S/C18H20N6O2S/c1-11-21-15-9-4-12-10-20-18(23-16(12)17(15)24(11)3)22-13-5-7-14(8-6-13)27(25,26)19-2/h5-8,10,19H,4,9H2,1-3H3,(H,20,22,23). The molecule has 0 unspecified atom stereocenters. The summed E-state index contributed by atoms with van der Waals surface area (Å²) < 4.78 is 28.0. The average Bonchev–Trinajstić information content (AvgIpc) is 2.96. The molecule has 1 aromatic carbocycles. The summed E-state index contributed by atoms with van der Waals surface area (Å²) in [5.74, 6) is 1.42. The topological polar surface area (TPSA) is 102 Å². The van der Waals surface area contributed by atoms with Crippen molar-refractivity contribution in [3.8, 4) is 11.4 Å². The van der Waals surface area contributed by atoms with Gasteiger partial charge in [0.15, 0.2) is 0 Å². The van der Waals surface area contributed by atoms with Gasteiger partial charge in [-0.15, -0.1) is 0 Å². The lowest BCUT2D eigenvalue weighted by atomic mass is 9.98. The minimum Gasteiger partial charge on any atom is -0.330 e. The molecule has 0 amide bonds. The van der Waals surface area contributed by atoms with Crippen LogP contribution in [0, 0.1) is 6.92 Å². The zero-order chi connectivity index (χ0) is 19.2. The molecular weight excluding hydrogens is 364 g/mol. The van der Waals surface area contributed by atoms with Gasteiger partial charge in [0.05, 0.1) is 22.0 Å². The van der Waals surface area contributed by atoms with Gasteiger partial charge in [0.1, 0.15) is 5.82 Å². The SMILES string of the molecule is CNS(=O)(=O)c1ccc(Nc2ncc3c(n2)-c2c(nc(C)n2C)CC3)cc1. The zero-order valence-electron chi connectivity index (χ0n) is 15.3. The number of nitrogens with one attached hydrogen (secondary N) is 2. The highest BCUT2D eigenvalue weighted by Gasteiger charge is 2.24. The van der Waals surface area contributed by atoms with Crippen LogP contribution in [0.2, 0.25) is 0 Å². The van der Waals surface area contributed by atoms with E-state index >= 15 is 0 Å². The highest BCUT2D eigenvalue weighted by molar-refractivity contribution is 7.89. The highest BCUT2D eigenvalue weighted by atomic mass is 32.2. The molecule has 0 spiro atoms. The third-order valence-electron chi connectivity index (χ3n) is 4.80. The van der Waals surface area contributed by atoms with Crippen molar-refractivity contribution in [3.63, 3.8) is 0 Å². The van der Waals surface area contributed by atoms with E-state index in [1.165, 1.54) is 19.2 Å². The number of hydrogen-bond acceptors (Lipinski definition) is 6. The summed E-state index contributed by atoms with van der Waals surface area (Å²) in [6.07, 6.45) is 3.60. The molecule has 1 aliphatic carbocycles. The fourth-order valence-corrected chi connectivity index (χ4v) is 3.95. The molecule has 3 aromatic rings. The van der Waals surface area contributed by atoms with Crippen LogP contribution in [0.25, 0.3) is 11.4 Å². The van der Waals surface area contributed by atoms with Crippen molar-refractivity contribution < 1.29 is 8.42 Å². The Morgan fingerprint density at radius 3 is 2.56 bits per heavy atom. The largest absolute Gasteiger partial charge is 0.330 e. The molecule has 1 aliphatic rings. The molecule has 0 bridgehead atoms. The molecule has 140 valence electrons. The van der Waals surface area contributed by atoms with E-state index in [0.717, 1.165) is 41.3 Å². The first-order valence-corrected chi connectivity index (χ1v) is 10.1. The number of nitrogens with zero attached hydrogens (tertiary/aromatic N) is 4. The number of benzene rings is 1. The lowest BCUT2D eigenvalue weighted by molar-refractivity contribution is 0.588. The van der Waals surface area contributed by atoms with E-state index in [4.69, 9.17) is 4.98 Å². The number of rotatable bonds is 4. The van der Waals surface area contributed by atoms with Crippen LogP contribution in [0.1, 0.15) is 17.1 Å². The maximum absolute atomic E-state index is 11.8. The van der Waals surface area contributed by atoms with Gasteiger partial charge in [0, 0.05) is 18.9 Å². The van der Waals surface area contributed by atoms with Gasteiger partial charge >= 0.3 is 0 Å². The molecular formula is C18H20N6O2S. The van der Waals surface area contributed by atoms with Crippen molar-refractivity contribution >= 4 is 21.7 Å². The van der Waals surface area contributed by atoms with Crippen LogP contribution < -0.4 is 10.0 Å². The molecule has 2 aromatic heterocycles. The number of imidazole rings is 1. The molecule has 0 saturated carbocycles. The van der Waals surface area contributed by atoms with Crippen molar-refractivity contribution in [2.45, 2.75) is 24.7 Å². The van der Waals surface area contributed by atoms with Crippen LogP contribution in [0.5, 0.6) is 0 Å². The molecule has 8 nitrogen and oxygen atoms in total. The van der Waals surface area contributed by atoms with E-state index in [-0.39, 0.29) is 4.90 Å². The number of aromatic nitrogens is 4. The van der Waals surface area contributed by atoms with Gasteiger partial charge in [0.25, 0.3) is 0 Å². The molecule has 0 radical (unpaired) electrons. The summed E-state index contributed by atoms with van der Waals surface area (Å²) in [5.41, 5.74) is 4.81. The fraction of sp³-hybridized carbons (Fsp3) is 0.278. The summed E-state index contributed by atoms with van der Waals surface area (Å²) in [4.78, 5) is 13.9. The van der Waals surface area contributed by atoms with Gasteiger partial charge < -0.3 is 9.88 Å².